The van der Waals surface area contributed by atoms with Gasteiger partial charge in [-0.15, -0.1) is 0 Å². The molecule has 0 aromatic heterocycles. The first-order chi connectivity index (χ1) is 12.7. The van der Waals surface area contributed by atoms with Crippen LogP contribution in [-0.2, 0) is 4.79 Å². The van der Waals surface area contributed by atoms with Crippen molar-refractivity contribution in [2.45, 2.75) is 37.8 Å². The number of carbonyl (C=O) groups is 1. The number of aliphatic hydroxyl groups excluding tert-OH is 2. The number of benzene rings is 1. The topological polar surface area (TPSA) is 72.8 Å². The van der Waals surface area contributed by atoms with E-state index < -0.39 is 0 Å². The second kappa shape index (κ2) is 9.22. The predicted octanol–water partition coefficient (Wildman–Crippen LogP) is 1.81. The molecule has 1 aliphatic carbocycles. The van der Waals surface area contributed by atoms with Crippen LogP contribution in [0.15, 0.2) is 30.3 Å². The molecular weight excluding hydrogens is 348 g/mol. The molecule has 1 saturated heterocycles. The monoisotopic (exact) mass is 378 g/mol. The van der Waals surface area contributed by atoms with Gasteiger partial charge in [0.05, 0.1) is 13.2 Å². The minimum absolute atomic E-state index is 0.0161. The third kappa shape index (κ3) is 4.60. The summed E-state index contributed by atoms with van der Waals surface area (Å²) < 4.78 is 0. The van der Waals surface area contributed by atoms with E-state index >= 15 is 0 Å². The Bertz CT molecular complexity index is 564. The van der Waals surface area contributed by atoms with Crippen molar-refractivity contribution < 1.29 is 15.0 Å². The highest BCUT2D eigenvalue weighted by atomic mass is 32.2. The molecule has 1 unspecified atom stereocenters. The van der Waals surface area contributed by atoms with Crippen LogP contribution in [0, 0.1) is 5.41 Å². The third-order valence-electron chi connectivity index (χ3n) is 5.84. The molecule has 3 N–H and O–H groups in total. The summed E-state index contributed by atoms with van der Waals surface area (Å²) in [5.41, 5.74) is 0.678. The molecule has 1 atom stereocenters. The van der Waals surface area contributed by atoms with E-state index in [1.54, 1.807) is 0 Å². The van der Waals surface area contributed by atoms with E-state index in [1.165, 1.54) is 0 Å². The second-order valence-corrected chi connectivity index (χ2v) is 8.79. The molecule has 0 bridgehead atoms. The van der Waals surface area contributed by atoms with Crippen molar-refractivity contribution in [3.8, 4) is 0 Å². The Hall–Kier alpha value is -1.08. The average Bonchev–Trinajstić information content (AvgIpc) is 2.71. The number of amides is 1. The van der Waals surface area contributed by atoms with Gasteiger partial charge in [0.2, 0.25) is 5.91 Å². The molecule has 1 aliphatic heterocycles. The summed E-state index contributed by atoms with van der Waals surface area (Å²) in [6.45, 7) is 1.89. The van der Waals surface area contributed by atoms with Gasteiger partial charge in [-0.2, -0.15) is 11.8 Å². The Morgan fingerprint density at radius 3 is 2.35 bits per heavy atom. The first-order valence-corrected chi connectivity index (χ1v) is 10.7. The fourth-order valence-electron chi connectivity index (χ4n) is 4.02. The number of rotatable bonds is 6. The van der Waals surface area contributed by atoms with Crippen molar-refractivity contribution in [2.75, 3.05) is 37.8 Å². The molecule has 5 nitrogen and oxygen atoms in total. The normalized spacial score (nSPS) is 22.7. The van der Waals surface area contributed by atoms with Crippen LogP contribution in [-0.4, -0.2) is 64.9 Å². The molecule has 1 aromatic carbocycles. The fraction of sp³-hybridized carbons (Fsp3) is 0.650. The third-order valence-corrected chi connectivity index (χ3v) is 6.78. The Labute approximate surface area is 160 Å². The fourth-order valence-corrected chi connectivity index (χ4v) is 4.95. The molecule has 1 aromatic rings. The first kappa shape index (κ1) is 19.7. The molecule has 144 valence electrons. The van der Waals surface area contributed by atoms with Crippen LogP contribution >= 0.6 is 11.8 Å². The first-order valence-electron chi connectivity index (χ1n) is 9.56. The van der Waals surface area contributed by atoms with Gasteiger partial charge in [0.15, 0.2) is 0 Å². The van der Waals surface area contributed by atoms with Gasteiger partial charge in [-0.1, -0.05) is 30.3 Å². The van der Waals surface area contributed by atoms with Crippen LogP contribution in [0.25, 0.3) is 0 Å². The maximum atomic E-state index is 13.2. The second-order valence-electron chi connectivity index (χ2n) is 7.56. The summed E-state index contributed by atoms with van der Waals surface area (Å²) in [4.78, 5) is 15.4. The minimum atomic E-state index is -0.371. The zero-order valence-electron chi connectivity index (χ0n) is 15.3. The number of nitrogens with zero attached hydrogens (tertiary/aromatic N) is 1. The van der Waals surface area contributed by atoms with Crippen molar-refractivity contribution in [2.24, 2.45) is 5.41 Å². The van der Waals surface area contributed by atoms with E-state index in [4.69, 9.17) is 0 Å². The van der Waals surface area contributed by atoms with Crippen LogP contribution in [0.3, 0.4) is 0 Å². The van der Waals surface area contributed by atoms with Gasteiger partial charge >= 0.3 is 0 Å². The highest BCUT2D eigenvalue weighted by molar-refractivity contribution is 7.99. The van der Waals surface area contributed by atoms with E-state index in [1.807, 2.05) is 42.1 Å². The van der Waals surface area contributed by atoms with E-state index in [9.17, 15) is 15.0 Å². The van der Waals surface area contributed by atoms with Gasteiger partial charge in [0, 0.05) is 36.1 Å². The van der Waals surface area contributed by atoms with E-state index in [0.29, 0.717) is 0 Å². The molecule has 26 heavy (non-hydrogen) atoms. The number of hydrogen-bond acceptors (Lipinski definition) is 5. The quantitative estimate of drug-likeness (QED) is 0.704. The van der Waals surface area contributed by atoms with E-state index in [2.05, 4.69) is 10.2 Å². The van der Waals surface area contributed by atoms with E-state index in [-0.39, 0.29) is 36.6 Å². The summed E-state index contributed by atoms with van der Waals surface area (Å²) in [5, 5.41) is 22.4. The maximum absolute atomic E-state index is 13.2. The average molecular weight is 379 g/mol. The molecule has 1 saturated carbocycles. The van der Waals surface area contributed by atoms with Crippen LogP contribution in [0.4, 0.5) is 0 Å². The van der Waals surface area contributed by atoms with Crippen molar-refractivity contribution >= 4 is 17.7 Å². The van der Waals surface area contributed by atoms with Gasteiger partial charge in [-0.25, -0.2) is 0 Å². The molecular formula is C20H30N2O3S. The van der Waals surface area contributed by atoms with Gasteiger partial charge in [0.25, 0.3) is 0 Å². The number of hydrogen-bond donors (Lipinski definition) is 3. The highest BCUT2D eigenvalue weighted by Crippen LogP contribution is 2.36. The van der Waals surface area contributed by atoms with Gasteiger partial charge in [0.1, 0.15) is 6.04 Å². The van der Waals surface area contributed by atoms with Crippen LogP contribution in [0.5, 0.6) is 0 Å². The zero-order chi connectivity index (χ0) is 18.4. The molecule has 6 heteroatoms. The lowest BCUT2D eigenvalue weighted by Gasteiger charge is -2.39. The van der Waals surface area contributed by atoms with Crippen LogP contribution < -0.4 is 5.32 Å². The number of carbonyl (C=O) groups excluding carboxylic acids is 1. The number of nitrogens with one attached hydrogen (secondary N) is 1. The van der Waals surface area contributed by atoms with Crippen molar-refractivity contribution in [1.82, 2.24) is 10.2 Å². The Morgan fingerprint density at radius 1 is 1.15 bits per heavy atom. The van der Waals surface area contributed by atoms with Crippen molar-refractivity contribution in [1.29, 1.82) is 0 Å². The molecule has 0 spiro atoms. The summed E-state index contributed by atoms with van der Waals surface area (Å²) in [6.07, 6.45) is 3.12. The Kier molecular flexibility index (Phi) is 6.98. The maximum Gasteiger partial charge on any atom is 0.242 e. The van der Waals surface area contributed by atoms with Crippen molar-refractivity contribution in [3.05, 3.63) is 35.9 Å². The Balaban J connectivity index is 1.66. The highest BCUT2D eigenvalue weighted by Gasteiger charge is 2.36. The van der Waals surface area contributed by atoms with Gasteiger partial charge in [-0.05, 0) is 31.2 Å². The van der Waals surface area contributed by atoms with Gasteiger partial charge < -0.3 is 15.5 Å². The van der Waals surface area contributed by atoms with Gasteiger partial charge in [-0.3, -0.25) is 9.69 Å². The number of aliphatic hydroxyl groups is 2. The lowest BCUT2D eigenvalue weighted by atomic mass is 9.73. The SMILES string of the molecule is O=C(NC1CCC(CO)(CO)CC1)C(c1ccccc1)N1CCSCC1. The van der Waals surface area contributed by atoms with Crippen LogP contribution in [0.2, 0.25) is 0 Å². The smallest absolute Gasteiger partial charge is 0.242 e. The molecule has 0 radical (unpaired) electrons. The predicted molar refractivity (Wildman–Crippen MR) is 105 cm³/mol. The van der Waals surface area contributed by atoms with Crippen molar-refractivity contribution in [3.63, 3.8) is 0 Å². The summed E-state index contributed by atoms with van der Waals surface area (Å²) >= 11 is 1.94. The summed E-state index contributed by atoms with van der Waals surface area (Å²) in [5.74, 6) is 2.21. The summed E-state index contributed by atoms with van der Waals surface area (Å²) in [6, 6.07) is 9.93. The minimum Gasteiger partial charge on any atom is -0.396 e. The molecule has 3 rings (SSSR count). The lowest BCUT2D eigenvalue weighted by molar-refractivity contribution is -0.128. The lowest BCUT2D eigenvalue weighted by Crippen LogP contribution is -2.49. The zero-order valence-corrected chi connectivity index (χ0v) is 16.1. The molecule has 1 amide bonds. The molecule has 2 fully saturated rings. The molecule has 1 heterocycles. The largest absolute Gasteiger partial charge is 0.396 e. The Morgan fingerprint density at radius 2 is 1.77 bits per heavy atom. The number of thioether (sulfide) groups is 1. The van der Waals surface area contributed by atoms with E-state index in [0.717, 1.165) is 55.8 Å². The summed E-state index contributed by atoms with van der Waals surface area (Å²) in [7, 11) is 0. The standard InChI is InChI=1S/C20H30N2O3S/c23-14-20(15-24)8-6-17(7-9-20)21-19(25)18(16-4-2-1-3-5-16)22-10-12-26-13-11-22/h1-5,17-18,23-24H,6-15H2,(H,21,25). The van der Waals surface area contributed by atoms with Crippen LogP contribution in [0.1, 0.15) is 37.3 Å². The molecule has 2 aliphatic rings.